The zero-order chi connectivity index (χ0) is 15.2. The van der Waals surface area contributed by atoms with Gasteiger partial charge in [-0.15, -0.1) is 0 Å². The molecular weight excluding hydrogens is 286 g/mol. The summed E-state index contributed by atoms with van der Waals surface area (Å²) in [7, 11) is 1.65. The second-order valence-electron chi connectivity index (χ2n) is 4.67. The van der Waals surface area contributed by atoms with Crippen LogP contribution in [0.2, 0.25) is 5.02 Å². The summed E-state index contributed by atoms with van der Waals surface area (Å²) >= 11 is 6.13. The minimum atomic E-state index is 0.662. The SMILES string of the molecule is CCCNc1ncnc(-c2cc(Cl)ccc2OC)c1CC. The Bertz CT molecular complexity index is 616. The summed E-state index contributed by atoms with van der Waals surface area (Å²) in [5.74, 6) is 1.64. The number of methoxy groups -OCH3 is 1. The van der Waals surface area contributed by atoms with Gasteiger partial charge in [0.15, 0.2) is 0 Å². The molecule has 2 aromatic rings. The van der Waals surface area contributed by atoms with Crippen molar-refractivity contribution in [3.8, 4) is 17.0 Å². The largest absolute Gasteiger partial charge is 0.496 e. The molecule has 0 radical (unpaired) electrons. The molecule has 0 amide bonds. The Labute approximate surface area is 130 Å². The predicted molar refractivity (Wildman–Crippen MR) is 87.2 cm³/mol. The lowest BCUT2D eigenvalue weighted by atomic mass is 10.0. The second kappa shape index (κ2) is 7.27. The van der Waals surface area contributed by atoms with Crippen LogP contribution in [0, 0.1) is 0 Å². The molecule has 0 unspecified atom stereocenters. The number of halogens is 1. The number of rotatable bonds is 6. The number of aromatic nitrogens is 2. The van der Waals surface area contributed by atoms with Gasteiger partial charge in [-0.1, -0.05) is 25.4 Å². The number of nitrogens with zero attached hydrogens (tertiary/aromatic N) is 2. The van der Waals surface area contributed by atoms with Gasteiger partial charge >= 0.3 is 0 Å². The van der Waals surface area contributed by atoms with Gasteiger partial charge in [0.05, 0.1) is 12.8 Å². The summed E-state index contributed by atoms with van der Waals surface area (Å²) in [5.41, 5.74) is 2.83. The first kappa shape index (κ1) is 15.6. The predicted octanol–water partition coefficient (Wildman–Crippen LogP) is 4.19. The Kier molecular flexibility index (Phi) is 5.39. The van der Waals surface area contributed by atoms with Gasteiger partial charge in [-0.3, -0.25) is 0 Å². The van der Waals surface area contributed by atoms with E-state index < -0.39 is 0 Å². The smallest absolute Gasteiger partial charge is 0.133 e. The van der Waals surface area contributed by atoms with Crippen LogP contribution in [0.25, 0.3) is 11.3 Å². The van der Waals surface area contributed by atoms with E-state index in [1.54, 1.807) is 13.4 Å². The molecule has 0 spiro atoms. The van der Waals surface area contributed by atoms with Crippen molar-refractivity contribution in [1.29, 1.82) is 0 Å². The molecule has 0 atom stereocenters. The van der Waals surface area contributed by atoms with E-state index in [1.807, 2.05) is 18.2 Å². The summed E-state index contributed by atoms with van der Waals surface area (Å²) in [6.07, 6.45) is 3.45. The molecule has 0 aliphatic carbocycles. The molecule has 0 aliphatic rings. The summed E-state index contributed by atoms with van der Waals surface area (Å²) < 4.78 is 5.44. The number of hydrogen-bond acceptors (Lipinski definition) is 4. The average Bonchev–Trinajstić information content (AvgIpc) is 2.52. The number of ether oxygens (including phenoxy) is 1. The fraction of sp³-hybridized carbons (Fsp3) is 0.375. The van der Waals surface area contributed by atoms with Crippen LogP contribution in [0.15, 0.2) is 24.5 Å². The molecular formula is C16H20ClN3O. The fourth-order valence-corrected chi connectivity index (χ4v) is 2.41. The molecule has 21 heavy (non-hydrogen) atoms. The molecule has 2 rings (SSSR count). The molecule has 0 fully saturated rings. The zero-order valence-electron chi connectivity index (χ0n) is 12.6. The highest BCUT2D eigenvalue weighted by Gasteiger charge is 2.15. The molecule has 5 heteroatoms. The summed E-state index contributed by atoms with van der Waals surface area (Å²) in [5, 5.41) is 4.01. The molecule has 1 aromatic carbocycles. The van der Waals surface area contributed by atoms with E-state index >= 15 is 0 Å². The monoisotopic (exact) mass is 305 g/mol. The molecule has 0 saturated carbocycles. The van der Waals surface area contributed by atoms with Crippen LogP contribution in [0.1, 0.15) is 25.8 Å². The van der Waals surface area contributed by atoms with Crippen LogP contribution in [0.4, 0.5) is 5.82 Å². The Morgan fingerprint density at radius 2 is 2.05 bits per heavy atom. The normalized spacial score (nSPS) is 10.5. The number of anilines is 1. The molecule has 1 aromatic heterocycles. The van der Waals surface area contributed by atoms with Crippen molar-refractivity contribution in [3.63, 3.8) is 0 Å². The zero-order valence-corrected chi connectivity index (χ0v) is 13.4. The van der Waals surface area contributed by atoms with Crippen molar-refractivity contribution >= 4 is 17.4 Å². The van der Waals surface area contributed by atoms with E-state index in [9.17, 15) is 0 Å². The van der Waals surface area contributed by atoms with Crippen LogP contribution in [-0.4, -0.2) is 23.6 Å². The minimum absolute atomic E-state index is 0.662. The molecule has 0 saturated heterocycles. The van der Waals surface area contributed by atoms with Crippen molar-refractivity contribution in [3.05, 3.63) is 35.1 Å². The Balaban J connectivity index is 2.55. The average molecular weight is 306 g/mol. The molecule has 1 N–H and O–H groups in total. The van der Waals surface area contributed by atoms with Gasteiger partial charge in [0.1, 0.15) is 17.9 Å². The number of nitrogens with one attached hydrogen (secondary N) is 1. The molecule has 0 bridgehead atoms. The van der Waals surface area contributed by atoms with Crippen LogP contribution in [0.3, 0.4) is 0 Å². The van der Waals surface area contributed by atoms with E-state index in [1.165, 1.54) is 0 Å². The maximum atomic E-state index is 6.13. The number of hydrogen-bond donors (Lipinski definition) is 1. The quantitative estimate of drug-likeness (QED) is 0.869. The van der Waals surface area contributed by atoms with E-state index in [0.29, 0.717) is 5.02 Å². The first-order valence-electron chi connectivity index (χ1n) is 7.12. The summed E-state index contributed by atoms with van der Waals surface area (Å²) in [6, 6.07) is 5.55. The van der Waals surface area contributed by atoms with Gasteiger partial charge in [-0.2, -0.15) is 0 Å². The number of benzene rings is 1. The van der Waals surface area contributed by atoms with E-state index in [0.717, 1.165) is 47.8 Å². The molecule has 1 heterocycles. The van der Waals surface area contributed by atoms with Crippen LogP contribution in [-0.2, 0) is 6.42 Å². The topological polar surface area (TPSA) is 47.0 Å². The third-order valence-corrected chi connectivity index (χ3v) is 3.49. The fourth-order valence-electron chi connectivity index (χ4n) is 2.24. The van der Waals surface area contributed by atoms with Gasteiger partial charge < -0.3 is 10.1 Å². The third-order valence-electron chi connectivity index (χ3n) is 3.26. The Morgan fingerprint density at radius 3 is 2.71 bits per heavy atom. The molecule has 0 aliphatic heterocycles. The minimum Gasteiger partial charge on any atom is -0.496 e. The highest BCUT2D eigenvalue weighted by atomic mass is 35.5. The molecule has 112 valence electrons. The van der Waals surface area contributed by atoms with Gasteiger partial charge in [0.25, 0.3) is 0 Å². The standard InChI is InChI=1S/C16H20ClN3O/c1-4-8-18-16-12(5-2)15(19-10-20-16)13-9-11(17)6-7-14(13)21-3/h6-7,9-10H,4-5,8H2,1-3H3,(H,18,19,20). The van der Waals surface area contributed by atoms with Crippen molar-refractivity contribution in [2.75, 3.05) is 19.0 Å². The van der Waals surface area contributed by atoms with Gasteiger partial charge in [-0.25, -0.2) is 9.97 Å². The van der Waals surface area contributed by atoms with Crippen LogP contribution < -0.4 is 10.1 Å². The second-order valence-corrected chi connectivity index (χ2v) is 5.11. The highest BCUT2D eigenvalue weighted by Crippen LogP contribution is 2.35. The lowest BCUT2D eigenvalue weighted by molar-refractivity contribution is 0.416. The lowest BCUT2D eigenvalue weighted by Gasteiger charge is -2.15. The van der Waals surface area contributed by atoms with Gasteiger partial charge in [0, 0.05) is 22.7 Å². The maximum Gasteiger partial charge on any atom is 0.133 e. The van der Waals surface area contributed by atoms with Gasteiger partial charge in [0.2, 0.25) is 0 Å². The summed E-state index contributed by atoms with van der Waals surface area (Å²) in [4.78, 5) is 8.80. The molecule has 4 nitrogen and oxygen atoms in total. The lowest BCUT2D eigenvalue weighted by Crippen LogP contribution is -2.07. The van der Waals surface area contributed by atoms with Crippen LogP contribution >= 0.6 is 11.6 Å². The third kappa shape index (κ3) is 3.45. The highest BCUT2D eigenvalue weighted by molar-refractivity contribution is 6.31. The van der Waals surface area contributed by atoms with Gasteiger partial charge in [-0.05, 0) is 31.0 Å². The van der Waals surface area contributed by atoms with E-state index in [4.69, 9.17) is 16.3 Å². The van der Waals surface area contributed by atoms with E-state index in [-0.39, 0.29) is 0 Å². The Hall–Kier alpha value is -1.81. The Morgan fingerprint density at radius 1 is 1.24 bits per heavy atom. The van der Waals surface area contributed by atoms with Crippen molar-refractivity contribution in [2.45, 2.75) is 26.7 Å². The first-order chi connectivity index (χ1) is 10.2. The van der Waals surface area contributed by atoms with Crippen molar-refractivity contribution in [1.82, 2.24) is 9.97 Å². The van der Waals surface area contributed by atoms with E-state index in [2.05, 4.69) is 29.1 Å². The first-order valence-corrected chi connectivity index (χ1v) is 7.50. The van der Waals surface area contributed by atoms with Crippen LogP contribution in [0.5, 0.6) is 5.75 Å². The summed E-state index contributed by atoms with van der Waals surface area (Å²) in [6.45, 7) is 5.10. The maximum absolute atomic E-state index is 6.13. The van der Waals surface area contributed by atoms with Crippen molar-refractivity contribution in [2.24, 2.45) is 0 Å². The van der Waals surface area contributed by atoms with Crippen molar-refractivity contribution < 1.29 is 4.74 Å².